The van der Waals surface area contributed by atoms with Gasteiger partial charge in [0.15, 0.2) is 17.8 Å². The van der Waals surface area contributed by atoms with Gasteiger partial charge in [-0.1, -0.05) is 25.3 Å². The molecule has 0 saturated heterocycles. The van der Waals surface area contributed by atoms with Gasteiger partial charge < -0.3 is 14.6 Å². The quantitative estimate of drug-likeness (QED) is 0.845. The van der Waals surface area contributed by atoms with E-state index in [1.54, 1.807) is 12.1 Å². The number of aldehydes is 1. The molecular formula is C16H20O5. The lowest BCUT2D eigenvalue weighted by Gasteiger charge is -2.35. The van der Waals surface area contributed by atoms with E-state index < -0.39 is 11.4 Å². The molecule has 1 aromatic carbocycles. The number of ether oxygens (including phenoxy) is 2. The van der Waals surface area contributed by atoms with Gasteiger partial charge in [0.25, 0.3) is 0 Å². The summed E-state index contributed by atoms with van der Waals surface area (Å²) < 4.78 is 10.7. The minimum Gasteiger partial charge on any atom is -0.493 e. The minimum absolute atomic E-state index is 0.302. The van der Waals surface area contributed by atoms with E-state index in [-0.39, 0.29) is 0 Å². The number of rotatable bonds is 5. The Morgan fingerprint density at radius 2 is 1.76 bits per heavy atom. The molecule has 114 valence electrons. The summed E-state index contributed by atoms with van der Waals surface area (Å²) in [6, 6.07) is 3.29. The lowest BCUT2D eigenvalue weighted by molar-refractivity contribution is -0.145. The zero-order chi connectivity index (χ0) is 15.5. The highest BCUT2D eigenvalue weighted by Crippen LogP contribution is 2.47. The van der Waals surface area contributed by atoms with Crippen molar-refractivity contribution in [1.29, 1.82) is 0 Å². The summed E-state index contributed by atoms with van der Waals surface area (Å²) in [4.78, 5) is 23.0. The third-order valence-electron chi connectivity index (χ3n) is 4.31. The second kappa shape index (κ2) is 6.16. The summed E-state index contributed by atoms with van der Waals surface area (Å²) >= 11 is 0. The first-order valence-electron chi connectivity index (χ1n) is 7.04. The molecule has 0 unspecified atom stereocenters. The fraction of sp³-hybridized carbons (Fsp3) is 0.500. The van der Waals surface area contributed by atoms with Crippen LogP contribution in [0.3, 0.4) is 0 Å². The van der Waals surface area contributed by atoms with Gasteiger partial charge in [-0.25, -0.2) is 0 Å². The number of carbonyl (C=O) groups is 2. The van der Waals surface area contributed by atoms with Crippen LogP contribution in [0.4, 0.5) is 0 Å². The van der Waals surface area contributed by atoms with Crippen LogP contribution < -0.4 is 9.47 Å². The second-order valence-electron chi connectivity index (χ2n) is 5.33. The summed E-state index contributed by atoms with van der Waals surface area (Å²) in [5.74, 6) is -0.191. The predicted octanol–water partition coefficient (Wildman–Crippen LogP) is 2.80. The molecule has 0 radical (unpaired) electrons. The fourth-order valence-corrected chi connectivity index (χ4v) is 3.21. The minimum atomic E-state index is -0.960. The highest BCUT2D eigenvalue weighted by Gasteiger charge is 2.44. The molecule has 5 nitrogen and oxygen atoms in total. The van der Waals surface area contributed by atoms with Crippen molar-refractivity contribution in [3.8, 4) is 11.5 Å². The number of benzene rings is 1. The van der Waals surface area contributed by atoms with Crippen molar-refractivity contribution >= 4 is 12.3 Å². The van der Waals surface area contributed by atoms with Crippen LogP contribution in [0.1, 0.15) is 48.0 Å². The topological polar surface area (TPSA) is 72.8 Å². The molecule has 0 bridgehead atoms. The van der Waals surface area contributed by atoms with Crippen LogP contribution in [-0.2, 0) is 10.2 Å². The maximum Gasteiger partial charge on any atom is 0.314 e. The zero-order valence-electron chi connectivity index (χ0n) is 12.3. The van der Waals surface area contributed by atoms with Crippen molar-refractivity contribution in [2.45, 2.75) is 37.5 Å². The number of aliphatic carboxylic acids is 1. The molecule has 0 atom stereocenters. The number of carboxylic acids is 1. The first-order valence-corrected chi connectivity index (χ1v) is 7.04. The monoisotopic (exact) mass is 292 g/mol. The molecule has 1 aliphatic carbocycles. The van der Waals surface area contributed by atoms with E-state index >= 15 is 0 Å². The number of carbonyl (C=O) groups excluding carboxylic acids is 1. The van der Waals surface area contributed by atoms with Crippen molar-refractivity contribution < 1.29 is 24.2 Å². The van der Waals surface area contributed by atoms with Crippen molar-refractivity contribution in [2.75, 3.05) is 14.2 Å². The van der Waals surface area contributed by atoms with Crippen LogP contribution in [0.25, 0.3) is 0 Å². The van der Waals surface area contributed by atoms with E-state index in [0.29, 0.717) is 41.8 Å². The average molecular weight is 292 g/mol. The molecule has 1 fully saturated rings. The number of hydrogen-bond donors (Lipinski definition) is 1. The lowest BCUT2D eigenvalue weighted by Crippen LogP contribution is -2.38. The molecule has 1 aliphatic rings. The van der Waals surface area contributed by atoms with Gasteiger partial charge in [0, 0.05) is 5.56 Å². The highest BCUT2D eigenvalue weighted by molar-refractivity contribution is 5.87. The molecule has 0 aromatic heterocycles. The van der Waals surface area contributed by atoms with Crippen LogP contribution in [-0.4, -0.2) is 31.6 Å². The van der Waals surface area contributed by atoms with Gasteiger partial charge in [0.2, 0.25) is 0 Å². The zero-order valence-corrected chi connectivity index (χ0v) is 12.3. The summed E-state index contributed by atoms with van der Waals surface area (Å²) in [5.41, 5.74) is -0.00716. The van der Waals surface area contributed by atoms with Crippen LogP contribution in [0.15, 0.2) is 12.1 Å². The van der Waals surface area contributed by atoms with Gasteiger partial charge in [-0.3, -0.25) is 9.59 Å². The van der Waals surface area contributed by atoms with Crippen molar-refractivity contribution in [2.24, 2.45) is 0 Å². The molecule has 0 heterocycles. The fourth-order valence-electron chi connectivity index (χ4n) is 3.21. The molecule has 0 spiro atoms. The normalized spacial score (nSPS) is 17.0. The van der Waals surface area contributed by atoms with Crippen molar-refractivity contribution in [1.82, 2.24) is 0 Å². The van der Waals surface area contributed by atoms with Gasteiger partial charge in [-0.15, -0.1) is 0 Å². The third kappa shape index (κ3) is 2.48. The largest absolute Gasteiger partial charge is 0.493 e. The Morgan fingerprint density at radius 1 is 1.14 bits per heavy atom. The molecule has 1 aromatic rings. The van der Waals surface area contributed by atoms with Crippen molar-refractivity contribution in [3.63, 3.8) is 0 Å². The van der Waals surface area contributed by atoms with E-state index in [4.69, 9.17) is 9.47 Å². The van der Waals surface area contributed by atoms with E-state index in [1.807, 2.05) is 0 Å². The molecule has 21 heavy (non-hydrogen) atoms. The SMILES string of the molecule is COc1c(C=O)ccc(C2(C(=O)O)CCCCC2)c1OC. The first kappa shape index (κ1) is 15.4. The molecule has 0 amide bonds. The highest BCUT2D eigenvalue weighted by atomic mass is 16.5. The number of methoxy groups -OCH3 is 2. The van der Waals surface area contributed by atoms with Crippen LogP contribution in [0, 0.1) is 0 Å². The van der Waals surface area contributed by atoms with Crippen LogP contribution in [0.2, 0.25) is 0 Å². The number of carboxylic acid groups (broad SMARTS) is 1. The Balaban J connectivity index is 2.66. The molecule has 2 rings (SSSR count). The Morgan fingerprint density at radius 3 is 2.24 bits per heavy atom. The van der Waals surface area contributed by atoms with Crippen molar-refractivity contribution in [3.05, 3.63) is 23.3 Å². The maximum atomic E-state index is 11.9. The Kier molecular flexibility index (Phi) is 4.50. The van der Waals surface area contributed by atoms with Gasteiger partial charge in [-0.2, -0.15) is 0 Å². The van der Waals surface area contributed by atoms with E-state index in [1.165, 1.54) is 14.2 Å². The molecule has 1 N–H and O–H groups in total. The second-order valence-corrected chi connectivity index (χ2v) is 5.33. The molecule has 0 aliphatic heterocycles. The third-order valence-corrected chi connectivity index (χ3v) is 4.31. The average Bonchev–Trinajstić information content (AvgIpc) is 2.53. The summed E-state index contributed by atoms with van der Waals surface area (Å²) in [6.07, 6.45) is 4.60. The smallest absolute Gasteiger partial charge is 0.314 e. The lowest BCUT2D eigenvalue weighted by atomic mass is 9.69. The van der Waals surface area contributed by atoms with E-state index in [9.17, 15) is 14.7 Å². The Labute approximate surface area is 123 Å². The van der Waals surface area contributed by atoms with E-state index in [0.717, 1.165) is 19.3 Å². The Bertz CT molecular complexity index is 544. The molecular weight excluding hydrogens is 272 g/mol. The van der Waals surface area contributed by atoms with E-state index in [2.05, 4.69) is 0 Å². The molecule has 5 heteroatoms. The number of hydrogen-bond acceptors (Lipinski definition) is 4. The van der Waals surface area contributed by atoms with Gasteiger partial charge in [-0.05, 0) is 18.9 Å². The standard InChI is InChI=1S/C16H20O5/c1-20-13-11(10-17)6-7-12(14(13)21-2)16(15(18)19)8-4-3-5-9-16/h6-7,10H,3-5,8-9H2,1-2H3,(H,18,19). The van der Waals surface area contributed by atoms with Gasteiger partial charge in [0.05, 0.1) is 25.2 Å². The Hall–Kier alpha value is -2.04. The van der Waals surface area contributed by atoms with Crippen LogP contribution in [0.5, 0.6) is 11.5 Å². The summed E-state index contributed by atoms with van der Waals surface area (Å²) in [7, 11) is 2.91. The first-order chi connectivity index (χ1) is 10.1. The predicted molar refractivity (Wildman–Crippen MR) is 77.3 cm³/mol. The molecule has 1 saturated carbocycles. The van der Waals surface area contributed by atoms with Gasteiger partial charge >= 0.3 is 5.97 Å². The maximum absolute atomic E-state index is 11.9. The summed E-state index contributed by atoms with van der Waals surface area (Å²) in [6.45, 7) is 0. The summed E-state index contributed by atoms with van der Waals surface area (Å²) in [5, 5.41) is 9.79. The van der Waals surface area contributed by atoms with Gasteiger partial charge in [0.1, 0.15) is 0 Å². The van der Waals surface area contributed by atoms with Crippen LogP contribution >= 0.6 is 0 Å².